The molecule has 0 aliphatic carbocycles. The molecule has 0 bridgehead atoms. The van der Waals surface area contributed by atoms with Crippen LogP contribution in [0.5, 0.6) is 0 Å². The minimum absolute atomic E-state index is 0.0536. The number of halogens is 4. The molecular weight excluding hydrogens is 393 g/mol. The van der Waals surface area contributed by atoms with Gasteiger partial charge in [0.15, 0.2) is 0 Å². The number of amides is 2. The van der Waals surface area contributed by atoms with Gasteiger partial charge in [-0.05, 0) is 31.0 Å². The highest BCUT2D eigenvalue weighted by molar-refractivity contribution is 9.10. The third-order valence-corrected chi connectivity index (χ3v) is 4.48. The van der Waals surface area contributed by atoms with E-state index < -0.39 is 23.6 Å². The maximum atomic E-state index is 12.9. The highest BCUT2D eigenvalue weighted by Crippen LogP contribution is 2.36. The zero-order valence-electron chi connectivity index (χ0n) is 12.8. The van der Waals surface area contributed by atoms with Gasteiger partial charge in [-0.15, -0.1) is 0 Å². The molecule has 1 fully saturated rings. The number of likely N-dealkylation sites (tertiary alicyclic amines) is 1. The van der Waals surface area contributed by atoms with Crippen LogP contribution in [0.2, 0.25) is 0 Å². The lowest BCUT2D eigenvalue weighted by Crippen LogP contribution is -2.45. The van der Waals surface area contributed by atoms with Gasteiger partial charge < -0.3 is 15.0 Å². The molecule has 24 heavy (non-hydrogen) atoms. The number of benzene rings is 1. The van der Waals surface area contributed by atoms with Crippen molar-refractivity contribution < 1.29 is 27.5 Å². The van der Waals surface area contributed by atoms with Gasteiger partial charge >= 0.3 is 18.0 Å². The summed E-state index contributed by atoms with van der Waals surface area (Å²) in [5, 5.41) is 2.22. The highest BCUT2D eigenvalue weighted by atomic mass is 79.9. The molecule has 0 spiro atoms. The fourth-order valence-electron chi connectivity index (χ4n) is 2.44. The number of hydrogen-bond acceptors (Lipinski definition) is 3. The average molecular weight is 409 g/mol. The second-order valence-electron chi connectivity index (χ2n) is 5.37. The first-order valence-electron chi connectivity index (χ1n) is 7.22. The summed E-state index contributed by atoms with van der Waals surface area (Å²) in [6.45, 7) is 0.748. The van der Waals surface area contributed by atoms with Crippen LogP contribution in [-0.2, 0) is 20.5 Å². The fourth-order valence-corrected chi connectivity index (χ4v) is 2.91. The van der Waals surface area contributed by atoms with Gasteiger partial charge in [0.2, 0.25) is 0 Å². The molecule has 1 N–H and O–H groups in total. The SMILES string of the molecule is COC1CCN(C(=O)C(=O)Nc2ccc(Br)c(C(F)(F)F)c2)CC1. The van der Waals surface area contributed by atoms with Crippen LogP contribution in [0.15, 0.2) is 22.7 Å². The van der Waals surface area contributed by atoms with Gasteiger partial charge in [0, 0.05) is 30.4 Å². The molecule has 0 radical (unpaired) electrons. The number of alkyl halides is 3. The fraction of sp³-hybridized carbons (Fsp3) is 0.467. The normalized spacial score (nSPS) is 16.1. The van der Waals surface area contributed by atoms with Crippen LogP contribution < -0.4 is 5.32 Å². The van der Waals surface area contributed by atoms with E-state index in [0.29, 0.717) is 25.9 Å². The number of carbonyl (C=O) groups excluding carboxylic acids is 2. The number of rotatable bonds is 2. The third-order valence-electron chi connectivity index (χ3n) is 3.79. The van der Waals surface area contributed by atoms with E-state index in [1.807, 2.05) is 0 Å². The molecule has 1 aromatic carbocycles. The van der Waals surface area contributed by atoms with Crippen molar-refractivity contribution in [3.63, 3.8) is 0 Å². The number of nitrogens with one attached hydrogen (secondary N) is 1. The van der Waals surface area contributed by atoms with E-state index >= 15 is 0 Å². The molecule has 9 heteroatoms. The van der Waals surface area contributed by atoms with E-state index in [-0.39, 0.29) is 16.3 Å². The molecule has 1 aliphatic rings. The van der Waals surface area contributed by atoms with Crippen LogP contribution in [0, 0.1) is 0 Å². The summed E-state index contributed by atoms with van der Waals surface area (Å²) in [5.41, 5.74) is -1.01. The second-order valence-corrected chi connectivity index (χ2v) is 6.23. The summed E-state index contributed by atoms with van der Waals surface area (Å²) in [6, 6.07) is 3.25. The van der Waals surface area contributed by atoms with Crippen LogP contribution in [0.3, 0.4) is 0 Å². The quantitative estimate of drug-likeness (QED) is 0.765. The summed E-state index contributed by atoms with van der Waals surface area (Å²) in [7, 11) is 1.58. The Labute approximate surface area is 145 Å². The maximum absolute atomic E-state index is 12.9. The van der Waals surface area contributed by atoms with Gasteiger partial charge in [0.1, 0.15) is 0 Å². The van der Waals surface area contributed by atoms with Crippen molar-refractivity contribution >= 4 is 33.4 Å². The molecule has 0 atom stereocenters. The predicted molar refractivity (Wildman–Crippen MR) is 84.4 cm³/mol. The molecule has 0 aromatic heterocycles. The minimum atomic E-state index is -4.56. The van der Waals surface area contributed by atoms with Crippen molar-refractivity contribution in [2.45, 2.75) is 25.1 Å². The number of ether oxygens (including phenoxy) is 1. The molecule has 5 nitrogen and oxygen atoms in total. The van der Waals surface area contributed by atoms with Crippen LogP contribution in [0.1, 0.15) is 18.4 Å². The zero-order chi connectivity index (χ0) is 17.9. The Morgan fingerprint density at radius 3 is 2.46 bits per heavy atom. The lowest BCUT2D eigenvalue weighted by atomic mass is 10.1. The molecule has 2 rings (SSSR count). The van der Waals surface area contributed by atoms with Gasteiger partial charge in [-0.3, -0.25) is 9.59 Å². The molecule has 0 unspecified atom stereocenters. The Kier molecular flexibility index (Phi) is 5.87. The van der Waals surface area contributed by atoms with E-state index in [9.17, 15) is 22.8 Å². The number of piperidine rings is 1. The molecule has 1 aliphatic heterocycles. The predicted octanol–water partition coefficient (Wildman–Crippen LogP) is 3.04. The summed E-state index contributed by atoms with van der Waals surface area (Å²) in [4.78, 5) is 25.4. The van der Waals surface area contributed by atoms with Crippen molar-refractivity contribution in [2.75, 3.05) is 25.5 Å². The number of carbonyl (C=O) groups is 2. The summed E-state index contributed by atoms with van der Waals surface area (Å²) < 4.78 is 43.6. The number of anilines is 1. The van der Waals surface area contributed by atoms with Crippen molar-refractivity contribution in [3.8, 4) is 0 Å². The number of nitrogens with zero attached hydrogens (tertiary/aromatic N) is 1. The molecule has 1 aromatic rings. The minimum Gasteiger partial charge on any atom is -0.381 e. The first-order chi connectivity index (χ1) is 11.2. The van der Waals surface area contributed by atoms with Crippen molar-refractivity contribution in [1.29, 1.82) is 0 Å². The van der Waals surface area contributed by atoms with Gasteiger partial charge in [-0.1, -0.05) is 15.9 Å². The van der Waals surface area contributed by atoms with Crippen LogP contribution in [0.25, 0.3) is 0 Å². The van der Waals surface area contributed by atoms with Gasteiger partial charge in [0.05, 0.1) is 11.7 Å². The van der Waals surface area contributed by atoms with E-state index in [0.717, 1.165) is 6.07 Å². The molecule has 1 heterocycles. The van der Waals surface area contributed by atoms with E-state index in [1.54, 1.807) is 7.11 Å². The Balaban J connectivity index is 2.03. The number of hydrogen-bond donors (Lipinski definition) is 1. The Morgan fingerprint density at radius 1 is 1.29 bits per heavy atom. The van der Waals surface area contributed by atoms with Crippen LogP contribution in [0.4, 0.5) is 18.9 Å². The highest BCUT2D eigenvalue weighted by Gasteiger charge is 2.33. The van der Waals surface area contributed by atoms with Gasteiger partial charge in [0.25, 0.3) is 0 Å². The van der Waals surface area contributed by atoms with Crippen LogP contribution >= 0.6 is 15.9 Å². The van der Waals surface area contributed by atoms with E-state index in [1.165, 1.54) is 17.0 Å². The van der Waals surface area contributed by atoms with Crippen molar-refractivity contribution in [1.82, 2.24) is 4.90 Å². The molecule has 0 saturated carbocycles. The van der Waals surface area contributed by atoms with E-state index in [4.69, 9.17) is 4.74 Å². The van der Waals surface area contributed by atoms with E-state index in [2.05, 4.69) is 21.2 Å². The average Bonchev–Trinajstić information content (AvgIpc) is 2.55. The van der Waals surface area contributed by atoms with Gasteiger partial charge in [-0.2, -0.15) is 13.2 Å². The molecule has 2 amide bonds. The summed E-state index contributed by atoms with van der Waals surface area (Å²) >= 11 is 2.82. The Bertz CT molecular complexity index is 629. The summed E-state index contributed by atoms with van der Waals surface area (Å²) in [5.74, 6) is -1.72. The maximum Gasteiger partial charge on any atom is 0.417 e. The Hall–Kier alpha value is -1.61. The third kappa shape index (κ3) is 4.47. The number of methoxy groups -OCH3 is 1. The van der Waals surface area contributed by atoms with Crippen molar-refractivity contribution in [3.05, 3.63) is 28.2 Å². The summed E-state index contributed by atoms with van der Waals surface area (Å²) in [6.07, 6.45) is -3.28. The standard InChI is InChI=1S/C15H16BrF3N2O3/c1-24-10-4-6-21(7-5-10)14(23)13(22)20-9-2-3-12(16)11(8-9)15(17,18)19/h2-3,8,10H,4-7H2,1H3,(H,20,22). The lowest BCUT2D eigenvalue weighted by molar-refractivity contribution is -0.144. The molecular formula is C15H16BrF3N2O3. The van der Waals surface area contributed by atoms with Crippen molar-refractivity contribution in [2.24, 2.45) is 0 Å². The first-order valence-corrected chi connectivity index (χ1v) is 8.01. The second kappa shape index (κ2) is 7.52. The van der Waals surface area contributed by atoms with Gasteiger partial charge in [-0.25, -0.2) is 0 Å². The monoisotopic (exact) mass is 408 g/mol. The first kappa shape index (κ1) is 18.7. The lowest BCUT2D eigenvalue weighted by Gasteiger charge is -2.30. The molecule has 132 valence electrons. The zero-order valence-corrected chi connectivity index (χ0v) is 14.4. The molecule has 1 saturated heterocycles. The van der Waals surface area contributed by atoms with Crippen LogP contribution in [-0.4, -0.2) is 43.0 Å². The largest absolute Gasteiger partial charge is 0.417 e. The topological polar surface area (TPSA) is 58.6 Å². The Morgan fingerprint density at radius 2 is 1.92 bits per heavy atom. The smallest absolute Gasteiger partial charge is 0.381 e.